The molecule has 2 aromatic heterocycles. The van der Waals surface area contributed by atoms with Crippen LogP contribution in [0.4, 0.5) is 5.82 Å². The predicted octanol–water partition coefficient (Wildman–Crippen LogP) is 3.56. The SMILES string of the molecule is CCC[C@H](C(C)=O)[C@H](Cc1ccc(NCc2cc(OC)cc(OC)c2)nc1)c1nn[nH]n1. The van der Waals surface area contributed by atoms with E-state index in [9.17, 15) is 4.79 Å². The number of hydrogen-bond donors (Lipinski definition) is 2. The molecule has 0 spiro atoms. The Morgan fingerprint density at radius 3 is 2.41 bits per heavy atom. The molecule has 2 atom stereocenters. The van der Waals surface area contributed by atoms with E-state index in [0.717, 1.165) is 41.3 Å². The number of aromatic nitrogens is 5. The highest BCUT2D eigenvalue weighted by Crippen LogP contribution is 2.30. The van der Waals surface area contributed by atoms with Crippen molar-refractivity contribution in [2.75, 3.05) is 19.5 Å². The van der Waals surface area contributed by atoms with Gasteiger partial charge in [-0.2, -0.15) is 5.21 Å². The Hall–Kier alpha value is -3.49. The van der Waals surface area contributed by atoms with Crippen LogP contribution in [0.3, 0.4) is 0 Å². The molecule has 0 fully saturated rings. The number of pyridine rings is 1. The van der Waals surface area contributed by atoms with Gasteiger partial charge in [0.1, 0.15) is 23.1 Å². The number of aromatic amines is 1. The van der Waals surface area contributed by atoms with Gasteiger partial charge < -0.3 is 14.8 Å². The quantitative estimate of drug-likeness (QED) is 0.441. The molecule has 170 valence electrons. The first-order valence-electron chi connectivity index (χ1n) is 10.7. The van der Waals surface area contributed by atoms with E-state index in [4.69, 9.17) is 9.47 Å². The topological polar surface area (TPSA) is 115 Å². The zero-order valence-electron chi connectivity index (χ0n) is 19.0. The largest absolute Gasteiger partial charge is 0.497 e. The first-order chi connectivity index (χ1) is 15.5. The Morgan fingerprint density at radius 2 is 1.88 bits per heavy atom. The van der Waals surface area contributed by atoms with Crippen LogP contribution in [0.2, 0.25) is 0 Å². The molecule has 0 radical (unpaired) electrons. The number of carbonyl (C=O) groups is 1. The lowest BCUT2D eigenvalue weighted by molar-refractivity contribution is -0.121. The molecule has 0 unspecified atom stereocenters. The predicted molar refractivity (Wildman–Crippen MR) is 121 cm³/mol. The molecule has 2 N–H and O–H groups in total. The first-order valence-corrected chi connectivity index (χ1v) is 10.7. The Kier molecular flexibility index (Phi) is 8.13. The van der Waals surface area contributed by atoms with Crippen LogP contribution in [0.15, 0.2) is 36.5 Å². The van der Waals surface area contributed by atoms with Crippen molar-refractivity contribution in [3.63, 3.8) is 0 Å². The lowest BCUT2D eigenvalue weighted by Gasteiger charge is -2.22. The molecular formula is C23H30N6O3. The number of Topliss-reactive ketones (excluding diaryl/α,β-unsaturated/α-hetero) is 1. The number of tetrazole rings is 1. The lowest BCUT2D eigenvalue weighted by Crippen LogP contribution is -2.23. The Morgan fingerprint density at radius 1 is 1.12 bits per heavy atom. The molecule has 3 rings (SSSR count). The van der Waals surface area contributed by atoms with Crippen LogP contribution in [0.5, 0.6) is 11.5 Å². The summed E-state index contributed by atoms with van der Waals surface area (Å²) >= 11 is 0. The number of benzene rings is 1. The summed E-state index contributed by atoms with van der Waals surface area (Å²) in [5, 5.41) is 17.8. The fourth-order valence-corrected chi connectivity index (χ4v) is 3.80. The fourth-order valence-electron chi connectivity index (χ4n) is 3.80. The molecule has 9 heteroatoms. The van der Waals surface area contributed by atoms with E-state index in [1.807, 2.05) is 36.5 Å². The zero-order valence-corrected chi connectivity index (χ0v) is 19.0. The second kappa shape index (κ2) is 11.2. The number of anilines is 1. The smallest absolute Gasteiger partial charge is 0.178 e. The minimum atomic E-state index is -0.154. The molecule has 2 heterocycles. The highest BCUT2D eigenvalue weighted by molar-refractivity contribution is 5.79. The average molecular weight is 439 g/mol. The number of carbonyl (C=O) groups excluding carboxylic acids is 1. The summed E-state index contributed by atoms with van der Waals surface area (Å²) in [7, 11) is 3.26. The maximum Gasteiger partial charge on any atom is 0.178 e. The van der Waals surface area contributed by atoms with E-state index in [2.05, 4.69) is 37.8 Å². The molecule has 0 aliphatic heterocycles. The Balaban J connectivity index is 1.69. The summed E-state index contributed by atoms with van der Waals surface area (Å²) in [6, 6.07) is 9.69. The van der Waals surface area contributed by atoms with Gasteiger partial charge in [0.2, 0.25) is 0 Å². The molecule has 0 aliphatic rings. The molecule has 0 amide bonds. The van der Waals surface area contributed by atoms with Gasteiger partial charge in [0.05, 0.1) is 14.2 Å². The summed E-state index contributed by atoms with van der Waals surface area (Å²) in [5.41, 5.74) is 2.03. The first kappa shape index (κ1) is 23.2. The average Bonchev–Trinajstić information content (AvgIpc) is 3.35. The van der Waals surface area contributed by atoms with Crippen molar-refractivity contribution >= 4 is 11.6 Å². The summed E-state index contributed by atoms with van der Waals surface area (Å²) in [5.74, 6) is 2.64. The van der Waals surface area contributed by atoms with Gasteiger partial charge in [0.25, 0.3) is 0 Å². The summed E-state index contributed by atoms with van der Waals surface area (Å²) in [6.07, 6.45) is 4.13. The highest BCUT2D eigenvalue weighted by atomic mass is 16.5. The van der Waals surface area contributed by atoms with Crippen LogP contribution in [-0.4, -0.2) is 45.6 Å². The Bertz CT molecular complexity index is 969. The summed E-state index contributed by atoms with van der Waals surface area (Å²) < 4.78 is 10.6. The minimum absolute atomic E-state index is 0.140. The standard InChI is InChI=1S/C23H30N6O3/c1-5-6-20(15(2)30)21(23-26-28-29-27-23)11-16-7-8-22(24-13-16)25-14-17-9-18(31-3)12-19(10-17)32-4/h7-10,12-13,20-21H,5-6,11,14H2,1-4H3,(H,24,25)(H,26,27,28,29)/t20-,21+/m1/s1. The molecule has 1 aromatic carbocycles. The van der Waals surface area contributed by atoms with Gasteiger partial charge in [-0.25, -0.2) is 4.98 Å². The fraction of sp³-hybridized carbons (Fsp3) is 0.435. The molecule has 0 aliphatic carbocycles. The van der Waals surface area contributed by atoms with Gasteiger partial charge in [0.15, 0.2) is 5.82 Å². The third-order valence-electron chi connectivity index (χ3n) is 5.47. The molecule has 9 nitrogen and oxygen atoms in total. The number of nitrogens with one attached hydrogen (secondary N) is 2. The van der Waals surface area contributed by atoms with Gasteiger partial charge in [-0.15, -0.1) is 10.2 Å². The van der Waals surface area contributed by atoms with Gasteiger partial charge in [-0.05, 0) is 49.1 Å². The molecule has 0 bridgehead atoms. The maximum absolute atomic E-state index is 12.3. The van der Waals surface area contributed by atoms with Crippen molar-refractivity contribution in [1.82, 2.24) is 25.6 Å². The van der Waals surface area contributed by atoms with Crippen molar-refractivity contribution < 1.29 is 14.3 Å². The van der Waals surface area contributed by atoms with Crippen LogP contribution in [0, 0.1) is 5.92 Å². The van der Waals surface area contributed by atoms with E-state index < -0.39 is 0 Å². The second-order valence-electron chi connectivity index (χ2n) is 7.71. The van der Waals surface area contributed by atoms with E-state index in [0.29, 0.717) is 18.8 Å². The van der Waals surface area contributed by atoms with Crippen molar-refractivity contribution in [3.8, 4) is 11.5 Å². The van der Waals surface area contributed by atoms with Crippen LogP contribution >= 0.6 is 0 Å². The Labute approximate surface area is 187 Å². The van der Waals surface area contributed by atoms with E-state index in [1.54, 1.807) is 21.1 Å². The second-order valence-corrected chi connectivity index (χ2v) is 7.71. The maximum atomic E-state index is 12.3. The van der Waals surface area contributed by atoms with Gasteiger partial charge in [0, 0.05) is 30.6 Å². The van der Waals surface area contributed by atoms with Crippen LogP contribution in [0.25, 0.3) is 0 Å². The summed E-state index contributed by atoms with van der Waals surface area (Å²) in [4.78, 5) is 16.8. The van der Waals surface area contributed by atoms with Gasteiger partial charge in [-0.1, -0.05) is 24.6 Å². The monoisotopic (exact) mass is 438 g/mol. The van der Waals surface area contributed by atoms with E-state index in [1.165, 1.54) is 0 Å². The third-order valence-corrected chi connectivity index (χ3v) is 5.47. The van der Waals surface area contributed by atoms with Crippen molar-refractivity contribution in [2.24, 2.45) is 5.92 Å². The number of methoxy groups -OCH3 is 2. The van der Waals surface area contributed by atoms with Gasteiger partial charge >= 0.3 is 0 Å². The summed E-state index contributed by atoms with van der Waals surface area (Å²) in [6.45, 7) is 4.28. The van der Waals surface area contributed by atoms with E-state index in [-0.39, 0.29) is 17.6 Å². The number of ketones is 1. The van der Waals surface area contributed by atoms with Crippen LogP contribution in [-0.2, 0) is 17.8 Å². The lowest BCUT2D eigenvalue weighted by atomic mass is 9.81. The normalized spacial score (nSPS) is 12.8. The number of H-pyrrole nitrogens is 1. The number of nitrogens with zero attached hydrogens (tertiary/aromatic N) is 4. The highest BCUT2D eigenvalue weighted by Gasteiger charge is 2.29. The minimum Gasteiger partial charge on any atom is -0.497 e. The number of ether oxygens (including phenoxy) is 2. The number of hydrogen-bond acceptors (Lipinski definition) is 8. The molecule has 32 heavy (non-hydrogen) atoms. The van der Waals surface area contributed by atoms with Crippen molar-refractivity contribution in [1.29, 1.82) is 0 Å². The molecule has 3 aromatic rings. The zero-order chi connectivity index (χ0) is 22.9. The number of rotatable bonds is 12. The van der Waals surface area contributed by atoms with Crippen LogP contribution in [0.1, 0.15) is 49.6 Å². The van der Waals surface area contributed by atoms with Gasteiger partial charge in [-0.3, -0.25) is 4.79 Å². The van der Waals surface area contributed by atoms with Crippen molar-refractivity contribution in [2.45, 2.75) is 45.6 Å². The van der Waals surface area contributed by atoms with E-state index >= 15 is 0 Å². The van der Waals surface area contributed by atoms with Crippen LogP contribution < -0.4 is 14.8 Å². The van der Waals surface area contributed by atoms with Crippen molar-refractivity contribution in [3.05, 3.63) is 53.5 Å². The molecular weight excluding hydrogens is 408 g/mol. The molecule has 0 saturated heterocycles. The third kappa shape index (κ3) is 6.03. The molecule has 0 saturated carbocycles.